The van der Waals surface area contributed by atoms with Gasteiger partial charge in [0.2, 0.25) is 0 Å². The summed E-state index contributed by atoms with van der Waals surface area (Å²) in [4.78, 5) is 0. The number of nitrogens with zero attached hydrogens (tertiary/aromatic N) is 2. The first-order valence-electron chi connectivity index (χ1n) is 8.72. The van der Waals surface area contributed by atoms with Gasteiger partial charge in [0.1, 0.15) is 11.6 Å². The summed E-state index contributed by atoms with van der Waals surface area (Å²) in [6.45, 7) is 9.49. The lowest BCUT2D eigenvalue weighted by atomic mass is 9.95. The molecule has 1 aliphatic rings. The zero-order valence-corrected chi connectivity index (χ0v) is 15.0. The van der Waals surface area contributed by atoms with Crippen LogP contribution in [0.15, 0.2) is 30.3 Å². The van der Waals surface area contributed by atoms with Gasteiger partial charge in [-0.1, -0.05) is 26.0 Å². The predicted molar refractivity (Wildman–Crippen MR) is 97.5 cm³/mol. The van der Waals surface area contributed by atoms with Crippen molar-refractivity contribution in [2.24, 2.45) is 11.8 Å². The Hall–Kier alpha value is -2.01. The highest BCUT2D eigenvalue weighted by atomic mass is 16.5. The number of benzene rings is 1. The molecule has 24 heavy (non-hydrogen) atoms. The molecular weight excluding hydrogens is 300 g/mol. The van der Waals surface area contributed by atoms with Gasteiger partial charge in [-0.15, -0.1) is 0 Å². The van der Waals surface area contributed by atoms with Crippen molar-refractivity contribution in [1.82, 2.24) is 15.1 Å². The van der Waals surface area contributed by atoms with Gasteiger partial charge in [-0.25, -0.2) is 4.68 Å². The molecule has 1 aromatic carbocycles. The Kier molecular flexibility index (Phi) is 5.09. The molecule has 0 fully saturated rings. The molecular formula is C19H28N4O. The van der Waals surface area contributed by atoms with E-state index in [0.717, 1.165) is 36.9 Å². The quantitative estimate of drug-likeness (QED) is 0.855. The largest absolute Gasteiger partial charge is 0.497 e. The summed E-state index contributed by atoms with van der Waals surface area (Å²) < 4.78 is 7.35. The Balaban J connectivity index is 1.62. The monoisotopic (exact) mass is 328 g/mol. The number of fused-ring (bicyclic) bond motifs is 1. The average Bonchev–Trinajstić information content (AvgIpc) is 2.94. The molecule has 5 heteroatoms. The molecule has 0 bridgehead atoms. The van der Waals surface area contributed by atoms with Crippen molar-refractivity contribution in [2.75, 3.05) is 25.5 Å². The van der Waals surface area contributed by atoms with E-state index in [4.69, 9.17) is 4.74 Å². The first-order valence-corrected chi connectivity index (χ1v) is 8.72. The molecule has 2 heterocycles. The van der Waals surface area contributed by atoms with Gasteiger partial charge in [0, 0.05) is 37.7 Å². The predicted octanol–water partition coefficient (Wildman–Crippen LogP) is 3.23. The minimum Gasteiger partial charge on any atom is -0.497 e. The van der Waals surface area contributed by atoms with Crippen LogP contribution in [-0.2, 0) is 6.54 Å². The van der Waals surface area contributed by atoms with Crippen LogP contribution in [0.3, 0.4) is 0 Å². The van der Waals surface area contributed by atoms with Gasteiger partial charge in [-0.2, -0.15) is 5.10 Å². The number of rotatable bonds is 6. The third-order valence-corrected chi connectivity index (χ3v) is 4.67. The van der Waals surface area contributed by atoms with Crippen molar-refractivity contribution in [1.29, 1.82) is 0 Å². The highest BCUT2D eigenvalue weighted by Crippen LogP contribution is 2.25. The summed E-state index contributed by atoms with van der Waals surface area (Å²) in [5.41, 5.74) is 2.38. The molecule has 2 N–H and O–H groups in total. The molecule has 3 rings (SSSR count). The van der Waals surface area contributed by atoms with Crippen molar-refractivity contribution in [3.8, 4) is 5.75 Å². The van der Waals surface area contributed by atoms with Crippen molar-refractivity contribution in [3.05, 3.63) is 41.6 Å². The Morgan fingerprint density at radius 3 is 2.75 bits per heavy atom. The summed E-state index contributed by atoms with van der Waals surface area (Å²) in [5, 5.41) is 11.8. The van der Waals surface area contributed by atoms with E-state index in [9.17, 15) is 0 Å². The molecule has 0 saturated heterocycles. The molecule has 5 nitrogen and oxygen atoms in total. The van der Waals surface area contributed by atoms with Gasteiger partial charge in [-0.05, 0) is 30.5 Å². The standard InChI is InChI=1S/C19H28N4O/c1-13(2)19(16-5-7-17(24-4)8-6-16)21-11-15-10-20-18-9-14(3)22-23(18)12-15/h5-9,13,15,19-21H,10-12H2,1-4H3/t15-,19+/m0/s1. The van der Waals surface area contributed by atoms with E-state index >= 15 is 0 Å². The van der Waals surface area contributed by atoms with Crippen LogP contribution in [0.1, 0.15) is 31.1 Å². The van der Waals surface area contributed by atoms with Crippen molar-refractivity contribution in [2.45, 2.75) is 33.4 Å². The van der Waals surface area contributed by atoms with Gasteiger partial charge >= 0.3 is 0 Å². The van der Waals surface area contributed by atoms with Gasteiger partial charge < -0.3 is 15.4 Å². The van der Waals surface area contributed by atoms with Crippen LogP contribution < -0.4 is 15.4 Å². The average molecular weight is 328 g/mol. The lowest BCUT2D eigenvalue weighted by Gasteiger charge is -2.29. The lowest BCUT2D eigenvalue weighted by Crippen LogP contribution is -2.38. The zero-order chi connectivity index (χ0) is 17.1. The number of aromatic nitrogens is 2. The highest BCUT2D eigenvalue weighted by molar-refractivity contribution is 5.38. The maximum absolute atomic E-state index is 5.26. The van der Waals surface area contributed by atoms with Crippen molar-refractivity contribution >= 4 is 5.82 Å². The van der Waals surface area contributed by atoms with Gasteiger partial charge in [0.05, 0.1) is 12.8 Å². The minimum absolute atomic E-state index is 0.344. The molecule has 0 saturated carbocycles. The Bertz CT molecular complexity index is 663. The lowest BCUT2D eigenvalue weighted by molar-refractivity contribution is 0.337. The van der Waals surface area contributed by atoms with Crippen molar-refractivity contribution in [3.63, 3.8) is 0 Å². The molecule has 2 atom stereocenters. The maximum Gasteiger partial charge on any atom is 0.124 e. The second kappa shape index (κ2) is 7.26. The van der Waals surface area contributed by atoms with E-state index in [-0.39, 0.29) is 0 Å². The van der Waals surface area contributed by atoms with Crippen LogP contribution in [0, 0.1) is 18.8 Å². The van der Waals surface area contributed by atoms with Crippen LogP contribution in [0.4, 0.5) is 5.82 Å². The Morgan fingerprint density at radius 1 is 1.33 bits per heavy atom. The highest BCUT2D eigenvalue weighted by Gasteiger charge is 2.22. The summed E-state index contributed by atoms with van der Waals surface area (Å²) in [7, 11) is 1.70. The molecule has 130 valence electrons. The van der Waals surface area contributed by atoms with E-state index in [0.29, 0.717) is 17.9 Å². The molecule has 1 aromatic heterocycles. The zero-order valence-electron chi connectivity index (χ0n) is 15.0. The van der Waals surface area contributed by atoms with E-state index in [1.54, 1.807) is 7.11 Å². The first-order chi connectivity index (χ1) is 11.6. The molecule has 0 spiro atoms. The number of methoxy groups -OCH3 is 1. The van der Waals surface area contributed by atoms with E-state index in [2.05, 4.69) is 52.5 Å². The number of ether oxygens (including phenoxy) is 1. The number of aryl methyl sites for hydroxylation is 1. The van der Waals surface area contributed by atoms with E-state index in [1.807, 2.05) is 19.1 Å². The fraction of sp³-hybridized carbons (Fsp3) is 0.526. The van der Waals surface area contributed by atoms with Gasteiger partial charge in [0.25, 0.3) is 0 Å². The summed E-state index contributed by atoms with van der Waals surface area (Å²) in [6.07, 6.45) is 0. The molecule has 0 aliphatic carbocycles. The third kappa shape index (κ3) is 3.73. The fourth-order valence-corrected chi connectivity index (χ4v) is 3.37. The second-order valence-corrected chi connectivity index (χ2v) is 7.00. The van der Waals surface area contributed by atoms with Crippen LogP contribution >= 0.6 is 0 Å². The van der Waals surface area contributed by atoms with Crippen molar-refractivity contribution < 1.29 is 4.74 Å². The third-order valence-electron chi connectivity index (χ3n) is 4.67. The smallest absolute Gasteiger partial charge is 0.124 e. The molecule has 1 aliphatic heterocycles. The van der Waals surface area contributed by atoms with E-state index < -0.39 is 0 Å². The van der Waals surface area contributed by atoms with Crippen LogP contribution in [0.2, 0.25) is 0 Å². The van der Waals surface area contributed by atoms with Gasteiger partial charge in [-0.3, -0.25) is 0 Å². The van der Waals surface area contributed by atoms with Crippen LogP contribution in [0.5, 0.6) is 5.75 Å². The number of hydrogen-bond acceptors (Lipinski definition) is 4. The number of hydrogen-bond donors (Lipinski definition) is 2. The summed E-state index contributed by atoms with van der Waals surface area (Å²) >= 11 is 0. The Labute approximate surface area is 144 Å². The van der Waals surface area contributed by atoms with Crippen LogP contribution in [-0.4, -0.2) is 30.0 Å². The van der Waals surface area contributed by atoms with E-state index in [1.165, 1.54) is 5.56 Å². The number of nitrogens with one attached hydrogen (secondary N) is 2. The van der Waals surface area contributed by atoms with Crippen LogP contribution in [0.25, 0.3) is 0 Å². The van der Waals surface area contributed by atoms with Gasteiger partial charge in [0.15, 0.2) is 0 Å². The summed E-state index contributed by atoms with van der Waals surface area (Å²) in [6, 6.07) is 10.8. The summed E-state index contributed by atoms with van der Waals surface area (Å²) in [5.74, 6) is 3.10. The minimum atomic E-state index is 0.344. The molecule has 2 aromatic rings. The maximum atomic E-state index is 5.26. The number of anilines is 1. The Morgan fingerprint density at radius 2 is 2.08 bits per heavy atom. The normalized spacial score (nSPS) is 18.1. The SMILES string of the molecule is COc1ccc([C@H](NC[C@@H]2CNc3cc(C)nn3C2)C(C)C)cc1. The molecule has 0 amide bonds. The molecule has 0 radical (unpaired) electrons. The molecule has 0 unspecified atom stereocenters. The first kappa shape index (κ1) is 16.8. The topological polar surface area (TPSA) is 51.1 Å². The second-order valence-electron chi connectivity index (χ2n) is 7.00. The fourth-order valence-electron chi connectivity index (χ4n) is 3.37.